The highest BCUT2D eigenvalue weighted by atomic mass is 16.5. The minimum absolute atomic E-state index is 0.458. The number of aliphatic hydroxyl groups is 1. The van der Waals surface area contributed by atoms with Crippen LogP contribution in [0.1, 0.15) is 37.9 Å². The van der Waals surface area contributed by atoms with Gasteiger partial charge >= 0.3 is 0 Å². The third kappa shape index (κ3) is 3.14. The first-order chi connectivity index (χ1) is 7.72. The first-order valence-electron chi connectivity index (χ1n) is 5.63. The van der Waals surface area contributed by atoms with Crippen LogP contribution in [0.3, 0.4) is 0 Å². The highest BCUT2D eigenvalue weighted by molar-refractivity contribution is 5.41. The first-order valence-corrected chi connectivity index (χ1v) is 5.63. The summed E-state index contributed by atoms with van der Waals surface area (Å²) in [5.41, 5.74) is 0.830. The third-order valence-electron chi connectivity index (χ3n) is 2.63. The van der Waals surface area contributed by atoms with Crippen molar-refractivity contribution < 1.29 is 14.6 Å². The van der Waals surface area contributed by atoms with E-state index in [1.807, 2.05) is 12.1 Å². The predicted octanol–water partition coefficient (Wildman–Crippen LogP) is 2.93. The Balaban J connectivity index is 2.85. The summed E-state index contributed by atoms with van der Waals surface area (Å²) in [4.78, 5) is 0. The molecular weight excluding hydrogens is 204 g/mol. The van der Waals surface area contributed by atoms with Gasteiger partial charge in [0, 0.05) is 11.6 Å². The van der Waals surface area contributed by atoms with Gasteiger partial charge in [0.15, 0.2) is 0 Å². The predicted molar refractivity (Wildman–Crippen MR) is 64.0 cm³/mol. The summed E-state index contributed by atoms with van der Waals surface area (Å²) < 4.78 is 10.4. The van der Waals surface area contributed by atoms with E-state index in [0.29, 0.717) is 5.75 Å². The third-order valence-corrected chi connectivity index (χ3v) is 2.63. The number of methoxy groups -OCH3 is 2. The number of rotatable bonds is 6. The average molecular weight is 224 g/mol. The van der Waals surface area contributed by atoms with Gasteiger partial charge in [-0.25, -0.2) is 0 Å². The highest BCUT2D eigenvalue weighted by Crippen LogP contribution is 2.31. The quantitative estimate of drug-likeness (QED) is 0.807. The second-order valence-electron chi connectivity index (χ2n) is 3.77. The fourth-order valence-electron chi connectivity index (χ4n) is 1.65. The number of benzene rings is 1. The van der Waals surface area contributed by atoms with Gasteiger partial charge in [0.1, 0.15) is 11.5 Å². The van der Waals surface area contributed by atoms with E-state index in [2.05, 4.69) is 6.92 Å². The number of unbranched alkanes of at least 4 members (excludes halogenated alkanes) is 1. The normalized spacial score (nSPS) is 12.2. The van der Waals surface area contributed by atoms with E-state index in [1.54, 1.807) is 20.3 Å². The Kier molecular flexibility index (Phi) is 5.12. The van der Waals surface area contributed by atoms with Crippen molar-refractivity contribution in [3.8, 4) is 11.5 Å². The van der Waals surface area contributed by atoms with Crippen molar-refractivity contribution in [2.75, 3.05) is 14.2 Å². The van der Waals surface area contributed by atoms with Gasteiger partial charge in [-0.05, 0) is 18.6 Å². The van der Waals surface area contributed by atoms with Crippen LogP contribution in [-0.4, -0.2) is 19.3 Å². The molecule has 1 aromatic rings. The molecule has 90 valence electrons. The van der Waals surface area contributed by atoms with E-state index in [4.69, 9.17) is 9.47 Å². The number of aliphatic hydroxyl groups excluding tert-OH is 1. The molecule has 0 fully saturated rings. The molecule has 1 N–H and O–H groups in total. The van der Waals surface area contributed by atoms with E-state index in [9.17, 15) is 5.11 Å². The molecule has 0 aliphatic carbocycles. The SMILES string of the molecule is CCCCC(O)c1ccc(OC)cc1OC. The molecule has 1 atom stereocenters. The lowest BCUT2D eigenvalue weighted by atomic mass is 10.0. The van der Waals surface area contributed by atoms with E-state index in [0.717, 1.165) is 30.6 Å². The van der Waals surface area contributed by atoms with E-state index < -0.39 is 6.10 Å². The van der Waals surface area contributed by atoms with Crippen LogP contribution in [0.15, 0.2) is 18.2 Å². The van der Waals surface area contributed by atoms with Gasteiger partial charge in [-0.1, -0.05) is 19.8 Å². The van der Waals surface area contributed by atoms with Crippen LogP contribution in [0.25, 0.3) is 0 Å². The zero-order valence-corrected chi connectivity index (χ0v) is 10.2. The van der Waals surface area contributed by atoms with Crippen LogP contribution < -0.4 is 9.47 Å². The minimum Gasteiger partial charge on any atom is -0.497 e. The summed E-state index contributed by atoms with van der Waals surface area (Å²) in [5, 5.41) is 10.0. The smallest absolute Gasteiger partial charge is 0.128 e. The Hall–Kier alpha value is -1.22. The Morgan fingerprint density at radius 2 is 2.00 bits per heavy atom. The Bertz CT molecular complexity index is 323. The first kappa shape index (κ1) is 12.8. The lowest BCUT2D eigenvalue weighted by molar-refractivity contribution is 0.160. The molecule has 3 nitrogen and oxygen atoms in total. The number of ether oxygens (including phenoxy) is 2. The van der Waals surface area contributed by atoms with Gasteiger partial charge in [0.05, 0.1) is 20.3 Å². The molecule has 3 heteroatoms. The zero-order chi connectivity index (χ0) is 12.0. The Morgan fingerprint density at radius 3 is 2.56 bits per heavy atom. The van der Waals surface area contributed by atoms with Crippen molar-refractivity contribution in [3.05, 3.63) is 23.8 Å². The van der Waals surface area contributed by atoms with Crippen molar-refractivity contribution in [3.63, 3.8) is 0 Å². The maximum atomic E-state index is 10.0. The molecular formula is C13H20O3. The Morgan fingerprint density at radius 1 is 1.25 bits per heavy atom. The standard InChI is InChI=1S/C13H20O3/c1-4-5-6-12(14)11-8-7-10(15-2)9-13(11)16-3/h7-9,12,14H,4-6H2,1-3H3. The van der Waals surface area contributed by atoms with Crippen molar-refractivity contribution in [1.82, 2.24) is 0 Å². The highest BCUT2D eigenvalue weighted by Gasteiger charge is 2.13. The molecule has 0 saturated heterocycles. The summed E-state index contributed by atoms with van der Waals surface area (Å²) in [6, 6.07) is 5.50. The number of hydrogen-bond donors (Lipinski definition) is 1. The van der Waals surface area contributed by atoms with Crippen molar-refractivity contribution >= 4 is 0 Å². The summed E-state index contributed by atoms with van der Waals surface area (Å²) >= 11 is 0. The van der Waals surface area contributed by atoms with E-state index >= 15 is 0 Å². The van der Waals surface area contributed by atoms with Crippen LogP contribution in [0, 0.1) is 0 Å². The zero-order valence-electron chi connectivity index (χ0n) is 10.2. The second kappa shape index (κ2) is 6.38. The second-order valence-corrected chi connectivity index (χ2v) is 3.77. The molecule has 0 radical (unpaired) electrons. The van der Waals surface area contributed by atoms with Gasteiger partial charge in [-0.2, -0.15) is 0 Å². The van der Waals surface area contributed by atoms with Crippen LogP contribution in [0.4, 0.5) is 0 Å². The molecule has 0 aromatic heterocycles. The Labute approximate surface area is 97.0 Å². The molecule has 0 heterocycles. The van der Waals surface area contributed by atoms with Crippen LogP contribution in [0.2, 0.25) is 0 Å². The molecule has 0 bridgehead atoms. The average Bonchev–Trinajstić information content (AvgIpc) is 2.34. The lowest BCUT2D eigenvalue weighted by Gasteiger charge is -2.15. The molecule has 0 aliphatic rings. The van der Waals surface area contributed by atoms with Crippen LogP contribution in [-0.2, 0) is 0 Å². The fourth-order valence-corrected chi connectivity index (χ4v) is 1.65. The molecule has 1 aromatic carbocycles. The summed E-state index contributed by atoms with van der Waals surface area (Å²) in [7, 11) is 3.22. The molecule has 16 heavy (non-hydrogen) atoms. The lowest BCUT2D eigenvalue weighted by Crippen LogP contribution is -2.01. The topological polar surface area (TPSA) is 38.7 Å². The maximum absolute atomic E-state index is 10.0. The molecule has 0 amide bonds. The van der Waals surface area contributed by atoms with E-state index in [-0.39, 0.29) is 0 Å². The molecule has 1 unspecified atom stereocenters. The fraction of sp³-hybridized carbons (Fsp3) is 0.538. The molecule has 1 rings (SSSR count). The van der Waals surface area contributed by atoms with Gasteiger partial charge in [-0.15, -0.1) is 0 Å². The van der Waals surface area contributed by atoms with Crippen molar-refractivity contribution in [1.29, 1.82) is 0 Å². The number of hydrogen-bond acceptors (Lipinski definition) is 3. The summed E-state index contributed by atoms with van der Waals surface area (Å²) in [5.74, 6) is 1.42. The molecule has 0 spiro atoms. The monoisotopic (exact) mass is 224 g/mol. The van der Waals surface area contributed by atoms with Crippen LogP contribution >= 0.6 is 0 Å². The van der Waals surface area contributed by atoms with E-state index in [1.165, 1.54) is 0 Å². The van der Waals surface area contributed by atoms with Crippen LogP contribution in [0.5, 0.6) is 11.5 Å². The maximum Gasteiger partial charge on any atom is 0.128 e. The van der Waals surface area contributed by atoms with Gasteiger partial charge in [0.2, 0.25) is 0 Å². The minimum atomic E-state index is -0.458. The van der Waals surface area contributed by atoms with Gasteiger partial charge in [0.25, 0.3) is 0 Å². The van der Waals surface area contributed by atoms with Crippen molar-refractivity contribution in [2.24, 2.45) is 0 Å². The largest absolute Gasteiger partial charge is 0.497 e. The molecule has 0 aliphatic heterocycles. The summed E-state index contributed by atoms with van der Waals surface area (Å²) in [6.07, 6.45) is 2.39. The van der Waals surface area contributed by atoms with Gasteiger partial charge < -0.3 is 14.6 Å². The van der Waals surface area contributed by atoms with Crippen molar-refractivity contribution in [2.45, 2.75) is 32.3 Å². The van der Waals surface area contributed by atoms with Gasteiger partial charge in [-0.3, -0.25) is 0 Å². The summed E-state index contributed by atoms with van der Waals surface area (Å²) in [6.45, 7) is 2.11. The molecule has 0 saturated carbocycles.